The Labute approximate surface area is 96.2 Å². The van der Waals surface area contributed by atoms with Gasteiger partial charge in [0.15, 0.2) is 11.5 Å². The number of para-hydroxylation sites is 2. The van der Waals surface area contributed by atoms with Crippen LogP contribution in [0.5, 0.6) is 11.5 Å². The summed E-state index contributed by atoms with van der Waals surface area (Å²) >= 11 is 5.71. The lowest BCUT2D eigenvalue weighted by molar-refractivity contribution is 0.249. The Morgan fingerprint density at radius 1 is 1.20 bits per heavy atom. The highest BCUT2D eigenvalue weighted by atomic mass is 35.5. The average molecular weight is 229 g/mol. The van der Waals surface area contributed by atoms with Gasteiger partial charge in [-0.05, 0) is 19.1 Å². The Balaban J connectivity index is 2.58. The molecule has 0 aliphatic heterocycles. The fourth-order valence-electron chi connectivity index (χ4n) is 1.12. The van der Waals surface area contributed by atoms with E-state index in [0.29, 0.717) is 25.0 Å². The van der Waals surface area contributed by atoms with E-state index in [1.165, 1.54) is 0 Å². The van der Waals surface area contributed by atoms with Crippen LogP contribution in [0.15, 0.2) is 24.3 Å². The Kier molecular flexibility index (Phi) is 5.33. The minimum atomic E-state index is 0.348. The molecular formula is C12H17ClO2. The summed E-state index contributed by atoms with van der Waals surface area (Å²) in [4.78, 5) is 0. The molecule has 0 fully saturated rings. The highest BCUT2D eigenvalue weighted by molar-refractivity contribution is 6.18. The molecule has 0 N–H and O–H groups in total. The summed E-state index contributed by atoms with van der Waals surface area (Å²) < 4.78 is 11.1. The number of halogens is 1. The fourth-order valence-corrected chi connectivity index (χ4v) is 1.21. The lowest BCUT2D eigenvalue weighted by atomic mass is 10.2. The van der Waals surface area contributed by atoms with Crippen molar-refractivity contribution in [2.45, 2.75) is 13.8 Å². The van der Waals surface area contributed by atoms with Gasteiger partial charge in [-0.3, -0.25) is 0 Å². The predicted octanol–water partition coefficient (Wildman–Crippen LogP) is 3.34. The molecule has 0 bridgehead atoms. The van der Waals surface area contributed by atoms with E-state index in [-0.39, 0.29) is 0 Å². The van der Waals surface area contributed by atoms with Crippen molar-refractivity contribution in [1.29, 1.82) is 0 Å². The predicted molar refractivity (Wildman–Crippen MR) is 63.0 cm³/mol. The maximum Gasteiger partial charge on any atom is 0.161 e. The van der Waals surface area contributed by atoms with Gasteiger partial charge in [0.2, 0.25) is 0 Å². The van der Waals surface area contributed by atoms with Crippen molar-refractivity contribution >= 4 is 11.6 Å². The minimum Gasteiger partial charge on any atom is -0.490 e. The molecule has 1 unspecified atom stereocenters. The zero-order valence-corrected chi connectivity index (χ0v) is 9.96. The molecule has 1 aromatic carbocycles. The van der Waals surface area contributed by atoms with Crippen LogP contribution < -0.4 is 9.47 Å². The zero-order valence-electron chi connectivity index (χ0n) is 9.20. The van der Waals surface area contributed by atoms with E-state index < -0.39 is 0 Å². The zero-order chi connectivity index (χ0) is 11.1. The molecule has 0 aromatic heterocycles. The first kappa shape index (κ1) is 12.2. The molecule has 1 rings (SSSR count). The Morgan fingerprint density at radius 2 is 1.80 bits per heavy atom. The van der Waals surface area contributed by atoms with Gasteiger partial charge in [0.25, 0.3) is 0 Å². The van der Waals surface area contributed by atoms with Crippen LogP contribution >= 0.6 is 11.6 Å². The number of hydrogen-bond donors (Lipinski definition) is 0. The van der Waals surface area contributed by atoms with E-state index >= 15 is 0 Å². The third-order valence-corrected chi connectivity index (χ3v) is 2.46. The standard InChI is InChI=1S/C12H17ClO2/c1-3-14-11-6-4-5-7-12(11)15-9-10(2)8-13/h4-7,10H,3,8-9H2,1-2H3. The summed E-state index contributed by atoms with van der Waals surface area (Å²) in [5.74, 6) is 2.54. The molecule has 1 atom stereocenters. The maximum atomic E-state index is 5.71. The monoisotopic (exact) mass is 228 g/mol. The Hall–Kier alpha value is -0.890. The normalized spacial score (nSPS) is 12.2. The van der Waals surface area contributed by atoms with Crippen LogP contribution in [-0.4, -0.2) is 19.1 Å². The summed E-state index contributed by atoms with van der Waals surface area (Å²) in [7, 11) is 0. The first-order valence-electron chi connectivity index (χ1n) is 5.18. The molecule has 0 radical (unpaired) electrons. The lowest BCUT2D eigenvalue weighted by Crippen LogP contribution is -2.10. The van der Waals surface area contributed by atoms with Crippen molar-refractivity contribution in [2.75, 3.05) is 19.1 Å². The molecule has 2 nitrogen and oxygen atoms in total. The van der Waals surface area contributed by atoms with Gasteiger partial charge in [-0.2, -0.15) is 0 Å². The Morgan fingerprint density at radius 3 is 2.33 bits per heavy atom. The summed E-state index contributed by atoms with van der Waals surface area (Å²) in [5, 5.41) is 0. The second-order valence-electron chi connectivity index (χ2n) is 3.45. The van der Waals surface area contributed by atoms with E-state index in [9.17, 15) is 0 Å². The molecule has 0 heterocycles. The van der Waals surface area contributed by atoms with Crippen LogP contribution in [0.2, 0.25) is 0 Å². The van der Waals surface area contributed by atoms with Crippen molar-refractivity contribution in [3.63, 3.8) is 0 Å². The first-order chi connectivity index (χ1) is 7.27. The molecule has 1 aromatic rings. The van der Waals surface area contributed by atoms with Gasteiger partial charge < -0.3 is 9.47 Å². The van der Waals surface area contributed by atoms with Crippen LogP contribution in [0.1, 0.15) is 13.8 Å². The van der Waals surface area contributed by atoms with E-state index in [1.807, 2.05) is 31.2 Å². The van der Waals surface area contributed by atoms with Crippen LogP contribution in [0.25, 0.3) is 0 Å². The molecule has 0 saturated heterocycles. The summed E-state index contributed by atoms with van der Waals surface area (Å²) in [6.07, 6.45) is 0. The lowest BCUT2D eigenvalue weighted by Gasteiger charge is -2.13. The number of alkyl halides is 1. The number of rotatable bonds is 6. The minimum absolute atomic E-state index is 0.348. The molecule has 0 aliphatic carbocycles. The number of ether oxygens (including phenoxy) is 2. The van der Waals surface area contributed by atoms with Gasteiger partial charge in [-0.1, -0.05) is 19.1 Å². The molecule has 0 spiro atoms. The van der Waals surface area contributed by atoms with Crippen molar-refractivity contribution in [3.05, 3.63) is 24.3 Å². The second-order valence-corrected chi connectivity index (χ2v) is 3.76. The van der Waals surface area contributed by atoms with Gasteiger partial charge in [0.05, 0.1) is 13.2 Å². The molecule has 0 saturated carbocycles. The SMILES string of the molecule is CCOc1ccccc1OCC(C)CCl. The topological polar surface area (TPSA) is 18.5 Å². The summed E-state index contributed by atoms with van der Waals surface area (Å²) in [6, 6.07) is 7.68. The van der Waals surface area contributed by atoms with Gasteiger partial charge in [-0.25, -0.2) is 0 Å². The number of benzene rings is 1. The molecule has 0 amide bonds. The molecule has 84 valence electrons. The maximum absolute atomic E-state index is 5.71. The van der Waals surface area contributed by atoms with Crippen molar-refractivity contribution in [3.8, 4) is 11.5 Å². The number of hydrogen-bond acceptors (Lipinski definition) is 2. The van der Waals surface area contributed by atoms with Crippen LogP contribution in [0, 0.1) is 5.92 Å². The quantitative estimate of drug-likeness (QED) is 0.696. The van der Waals surface area contributed by atoms with E-state index in [1.54, 1.807) is 0 Å². The highest BCUT2D eigenvalue weighted by Crippen LogP contribution is 2.26. The fraction of sp³-hybridized carbons (Fsp3) is 0.500. The third-order valence-electron chi connectivity index (χ3n) is 1.94. The van der Waals surface area contributed by atoms with Gasteiger partial charge >= 0.3 is 0 Å². The van der Waals surface area contributed by atoms with Crippen molar-refractivity contribution < 1.29 is 9.47 Å². The van der Waals surface area contributed by atoms with Crippen LogP contribution in [0.3, 0.4) is 0 Å². The smallest absolute Gasteiger partial charge is 0.161 e. The molecule has 3 heteroatoms. The van der Waals surface area contributed by atoms with Crippen LogP contribution in [-0.2, 0) is 0 Å². The van der Waals surface area contributed by atoms with E-state index in [0.717, 1.165) is 11.5 Å². The Bertz CT molecular complexity index is 289. The molecule has 0 aliphatic rings. The van der Waals surface area contributed by atoms with Gasteiger partial charge in [0.1, 0.15) is 0 Å². The average Bonchev–Trinajstić information content (AvgIpc) is 2.28. The molecule has 15 heavy (non-hydrogen) atoms. The third kappa shape index (κ3) is 4.00. The van der Waals surface area contributed by atoms with E-state index in [2.05, 4.69) is 6.92 Å². The van der Waals surface area contributed by atoms with E-state index in [4.69, 9.17) is 21.1 Å². The summed E-state index contributed by atoms with van der Waals surface area (Å²) in [5.41, 5.74) is 0. The first-order valence-corrected chi connectivity index (χ1v) is 5.72. The largest absolute Gasteiger partial charge is 0.490 e. The summed E-state index contributed by atoms with van der Waals surface area (Å²) in [6.45, 7) is 5.27. The highest BCUT2D eigenvalue weighted by Gasteiger charge is 2.05. The van der Waals surface area contributed by atoms with Gasteiger partial charge in [0, 0.05) is 11.8 Å². The van der Waals surface area contributed by atoms with Crippen molar-refractivity contribution in [2.24, 2.45) is 5.92 Å². The van der Waals surface area contributed by atoms with Crippen LogP contribution in [0.4, 0.5) is 0 Å². The second kappa shape index (κ2) is 6.57. The molecular weight excluding hydrogens is 212 g/mol. The van der Waals surface area contributed by atoms with Gasteiger partial charge in [-0.15, -0.1) is 11.6 Å². The van der Waals surface area contributed by atoms with Crippen molar-refractivity contribution in [1.82, 2.24) is 0 Å².